The van der Waals surface area contributed by atoms with Gasteiger partial charge in [0.05, 0.1) is 6.04 Å². The lowest BCUT2D eigenvalue weighted by Crippen LogP contribution is -2.49. The molecular weight excluding hydrogens is 520 g/mol. The Morgan fingerprint density at radius 3 is 2.26 bits per heavy atom. The van der Waals surface area contributed by atoms with Crippen LogP contribution in [0.3, 0.4) is 0 Å². The zero-order valence-corrected chi connectivity index (χ0v) is 23.8. The van der Waals surface area contributed by atoms with E-state index < -0.39 is 23.8 Å². The van der Waals surface area contributed by atoms with Crippen molar-refractivity contribution in [3.8, 4) is 5.75 Å². The molecule has 0 saturated carbocycles. The Hall–Kier alpha value is -3.16. The maximum atomic E-state index is 13.5. The molecular formula is C30H35ClN2O4S. The predicted octanol–water partition coefficient (Wildman–Crippen LogP) is 6.77. The van der Waals surface area contributed by atoms with Crippen LogP contribution in [0.5, 0.6) is 5.75 Å². The van der Waals surface area contributed by atoms with Crippen LogP contribution in [0.15, 0.2) is 78.9 Å². The predicted molar refractivity (Wildman–Crippen MR) is 155 cm³/mol. The molecule has 0 heterocycles. The molecule has 202 valence electrons. The van der Waals surface area contributed by atoms with Gasteiger partial charge in [0.2, 0.25) is 5.91 Å². The Balaban J connectivity index is 1.85. The lowest BCUT2D eigenvalue weighted by molar-refractivity contribution is -0.123. The zero-order valence-electron chi connectivity index (χ0n) is 22.2. The van der Waals surface area contributed by atoms with E-state index in [1.54, 1.807) is 38.6 Å². The van der Waals surface area contributed by atoms with Crippen LogP contribution in [0.4, 0.5) is 4.79 Å². The number of ether oxygens (including phenoxy) is 2. The van der Waals surface area contributed by atoms with Gasteiger partial charge in [0.1, 0.15) is 24.0 Å². The molecule has 0 aliphatic rings. The number of hydrogen-bond acceptors (Lipinski definition) is 5. The third-order valence-electron chi connectivity index (χ3n) is 5.53. The minimum absolute atomic E-state index is 0.314. The molecule has 8 heteroatoms. The monoisotopic (exact) mass is 554 g/mol. The van der Waals surface area contributed by atoms with E-state index in [-0.39, 0.29) is 5.91 Å². The summed E-state index contributed by atoms with van der Waals surface area (Å²) in [5.74, 6) is 1.06. The number of carbonyl (C=O) groups excluding carboxylic acids is 2. The van der Waals surface area contributed by atoms with Gasteiger partial charge in [0.25, 0.3) is 0 Å². The number of hydrogen-bond donors (Lipinski definition) is 2. The van der Waals surface area contributed by atoms with Gasteiger partial charge >= 0.3 is 6.09 Å². The molecule has 0 radical (unpaired) electrons. The van der Waals surface area contributed by atoms with E-state index in [1.165, 1.54) is 0 Å². The van der Waals surface area contributed by atoms with Crippen molar-refractivity contribution in [3.63, 3.8) is 0 Å². The van der Waals surface area contributed by atoms with Gasteiger partial charge in [0, 0.05) is 5.02 Å². The molecule has 0 bridgehead atoms. The number of nitrogens with one attached hydrogen (secondary N) is 2. The molecule has 3 aromatic carbocycles. The molecule has 3 aromatic rings. The molecule has 0 saturated heterocycles. The molecule has 3 rings (SSSR count). The molecule has 2 amide bonds. The SMILES string of the molecule is CSCC[C@@H](NC(=O)OC(C)(C)C)C(=O)NC(c1cccc(Cl)c1)c1cccc(OCc2ccccc2)c1. The summed E-state index contributed by atoms with van der Waals surface area (Å²) in [6, 6.07) is 23.6. The van der Waals surface area contributed by atoms with Crippen molar-refractivity contribution in [3.05, 3.63) is 101 Å². The minimum Gasteiger partial charge on any atom is -0.489 e. The number of halogens is 1. The molecule has 0 aliphatic carbocycles. The summed E-state index contributed by atoms with van der Waals surface area (Å²) in [4.78, 5) is 26.0. The molecule has 6 nitrogen and oxygen atoms in total. The quantitative estimate of drug-likeness (QED) is 0.273. The molecule has 38 heavy (non-hydrogen) atoms. The Morgan fingerprint density at radius 1 is 0.921 bits per heavy atom. The van der Waals surface area contributed by atoms with Crippen LogP contribution >= 0.6 is 23.4 Å². The van der Waals surface area contributed by atoms with Crippen LogP contribution in [-0.4, -0.2) is 35.7 Å². The fraction of sp³-hybridized carbons (Fsp3) is 0.333. The molecule has 2 N–H and O–H groups in total. The molecule has 0 aliphatic heterocycles. The Bertz CT molecular complexity index is 1200. The van der Waals surface area contributed by atoms with Crippen LogP contribution in [0.2, 0.25) is 5.02 Å². The largest absolute Gasteiger partial charge is 0.489 e. The molecule has 0 spiro atoms. The second kappa shape index (κ2) is 14.1. The summed E-state index contributed by atoms with van der Waals surface area (Å²) in [6.07, 6.45) is 1.78. The average molecular weight is 555 g/mol. The van der Waals surface area contributed by atoms with Gasteiger partial charge in [-0.3, -0.25) is 4.79 Å². The van der Waals surface area contributed by atoms with Gasteiger partial charge in [-0.25, -0.2) is 4.79 Å². The fourth-order valence-corrected chi connectivity index (χ4v) is 4.44. The van der Waals surface area contributed by atoms with Crippen molar-refractivity contribution in [2.45, 2.75) is 51.5 Å². The van der Waals surface area contributed by atoms with E-state index in [1.807, 2.05) is 79.1 Å². The maximum Gasteiger partial charge on any atom is 0.408 e. The van der Waals surface area contributed by atoms with Gasteiger partial charge in [-0.2, -0.15) is 11.8 Å². The number of carbonyl (C=O) groups is 2. The smallest absolute Gasteiger partial charge is 0.408 e. The Kier molecular flexibility index (Phi) is 10.9. The summed E-state index contributed by atoms with van der Waals surface area (Å²) in [5, 5.41) is 6.42. The Morgan fingerprint density at radius 2 is 1.61 bits per heavy atom. The molecule has 0 aromatic heterocycles. The summed E-state index contributed by atoms with van der Waals surface area (Å²) >= 11 is 7.91. The number of amides is 2. The minimum atomic E-state index is -0.767. The first kappa shape index (κ1) is 29.4. The highest BCUT2D eigenvalue weighted by Gasteiger charge is 2.27. The van der Waals surface area contributed by atoms with Crippen molar-refractivity contribution < 1.29 is 19.1 Å². The number of benzene rings is 3. The van der Waals surface area contributed by atoms with Gasteiger partial charge in [-0.15, -0.1) is 0 Å². The van der Waals surface area contributed by atoms with Crippen LogP contribution in [0, 0.1) is 0 Å². The molecule has 0 fully saturated rings. The topological polar surface area (TPSA) is 76.7 Å². The van der Waals surface area contributed by atoms with E-state index in [0.29, 0.717) is 29.6 Å². The second-order valence-corrected chi connectivity index (χ2v) is 11.2. The van der Waals surface area contributed by atoms with Crippen molar-refractivity contribution in [2.24, 2.45) is 0 Å². The van der Waals surface area contributed by atoms with Crippen molar-refractivity contribution in [1.29, 1.82) is 0 Å². The molecule has 2 atom stereocenters. The van der Waals surface area contributed by atoms with E-state index in [2.05, 4.69) is 10.6 Å². The lowest BCUT2D eigenvalue weighted by Gasteiger charge is -2.26. The van der Waals surface area contributed by atoms with Crippen molar-refractivity contribution >= 4 is 35.4 Å². The Labute approximate surface area is 234 Å². The van der Waals surface area contributed by atoms with E-state index in [0.717, 1.165) is 16.7 Å². The van der Waals surface area contributed by atoms with Crippen LogP contribution in [0.25, 0.3) is 0 Å². The first-order chi connectivity index (χ1) is 18.1. The van der Waals surface area contributed by atoms with Gasteiger partial charge in [0.15, 0.2) is 0 Å². The first-order valence-electron chi connectivity index (χ1n) is 12.5. The lowest BCUT2D eigenvalue weighted by atomic mass is 9.97. The number of thioether (sulfide) groups is 1. The fourth-order valence-electron chi connectivity index (χ4n) is 3.77. The third kappa shape index (κ3) is 9.62. The summed E-state index contributed by atoms with van der Waals surface area (Å²) in [5.41, 5.74) is 2.02. The molecule has 1 unspecified atom stereocenters. The highest BCUT2D eigenvalue weighted by Crippen LogP contribution is 2.28. The normalized spacial score (nSPS) is 12.8. The average Bonchev–Trinajstić information content (AvgIpc) is 2.88. The van der Waals surface area contributed by atoms with E-state index in [9.17, 15) is 9.59 Å². The van der Waals surface area contributed by atoms with Crippen molar-refractivity contribution in [1.82, 2.24) is 10.6 Å². The summed E-state index contributed by atoms with van der Waals surface area (Å²) in [6.45, 7) is 5.78. The van der Waals surface area contributed by atoms with E-state index >= 15 is 0 Å². The van der Waals surface area contributed by atoms with Gasteiger partial charge in [-0.05, 0) is 80.2 Å². The second-order valence-electron chi connectivity index (χ2n) is 9.82. The van der Waals surface area contributed by atoms with Crippen LogP contribution in [0.1, 0.15) is 49.9 Å². The van der Waals surface area contributed by atoms with Crippen LogP contribution in [-0.2, 0) is 16.1 Å². The van der Waals surface area contributed by atoms with Gasteiger partial charge in [-0.1, -0.05) is 66.2 Å². The summed E-state index contributed by atoms with van der Waals surface area (Å²) in [7, 11) is 0. The van der Waals surface area contributed by atoms with Crippen LogP contribution < -0.4 is 15.4 Å². The first-order valence-corrected chi connectivity index (χ1v) is 14.2. The standard InChI is InChI=1S/C30H35ClN2O4S/c1-30(2,3)37-29(35)32-26(16-17-38-4)28(34)33-27(22-12-8-14-24(31)18-22)23-13-9-15-25(19-23)36-20-21-10-6-5-7-11-21/h5-15,18-19,26-27H,16-17,20H2,1-4H3,(H,32,35)(H,33,34)/t26-,27?/m1/s1. The third-order valence-corrected chi connectivity index (χ3v) is 6.41. The number of alkyl carbamates (subject to hydrolysis) is 1. The highest BCUT2D eigenvalue weighted by molar-refractivity contribution is 7.98. The number of rotatable bonds is 11. The zero-order chi connectivity index (χ0) is 27.5. The van der Waals surface area contributed by atoms with Crippen molar-refractivity contribution in [2.75, 3.05) is 12.0 Å². The van der Waals surface area contributed by atoms with E-state index in [4.69, 9.17) is 21.1 Å². The highest BCUT2D eigenvalue weighted by atomic mass is 35.5. The summed E-state index contributed by atoms with van der Waals surface area (Å²) < 4.78 is 11.4. The maximum absolute atomic E-state index is 13.5. The van der Waals surface area contributed by atoms with Gasteiger partial charge < -0.3 is 20.1 Å².